The maximum absolute atomic E-state index is 13.0. The Balaban J connectivity index is 1.37. The Kier molecular flexibility index (Phi) is 5.59. The third-order valence-electron chi connectivity index (χ3n) is 5.85. The van der Waals surface area contributed by atoms with Gasteiger partial charge in [0.2, 0.25) is 10.0 Å². The molecule has 3 aromatic rings. The van der Waals surface area contributed by atoms with E-state index in [1.165, 1.54) is 9.01 Å². The second kappa shape index (κ2) is 8.36. The molecule has 8 heteroatoms. The molecule has 3 heterocycles. The van der Waals surface area contributed by atoms with E-state index in [1.807, 2.05) is 24.3 Å². The average molecular weight is 444 g/mol. The van der Waals surface area contributed by atoms with Crippen LogP contribution >= 0.6 is 11.3 Å². The summed E-state index contributed by atoms with van der Waals surface area (Å²) in [5, 5.41) is 1.16. The summed E-state index contributed by atoms with van der Waals surface area (Å²) in [7, 11) is -3.48. The molecule has 0 unspecified atom stereocenters. The van der Waals surface area contributed by atoms with Crippen LogP contribution in [0.2, 0.25) is 0 Å². The summed E-state index contributed by atoms with van der Waals surface area (Å²) in [6, 6.07) is 16.0. The highest BCUT2D eigenvalue weighted by Crippen LogP contribution is 2.37. The van der Waals surface area contributed by atoms with Gasteiger partial charge < -0.3 is 4.74 Å². The van der Waals surface area contributed by atoms with Crippen molar-refractivity contribution >= 4 is 31.6 Å². The molecule has 2 aliphatic heterocycles. The van der Waals surface area contributed by atoms with E-state index in [-0.39, 0.29) is 0 Å². The third kappa shape index (κ3) is 3.90. The highest BCUT2D eigenvalue weighted by Gasteiger charge is 2.30. The lowest BCUT2D eigenvalue weighted by Gasteiger charge is -2.26. The molecule has 2 aliphatic rings. The molecule has 2 fully saturated rings. The van der Waals surface area contributed by atoms with Crippen LogP contribution in [0.5, 0.6) is 0 Å². The maximum Gasteiger partial charge on any atom is 0.243 e. The van der Waals surface area contributed by atoms with Gasteiger partial charge in [0.1, 0.15) is 5.01 Å². The summed E-state index contributed by atoms with van der Waals surface area (Å²) >= 11 is 1.77. The minimum atomic E-state index is -3.48. The molecular weight excluding hydrogens is 418 g/mol. The number of fused-ring (bicyclic) bond motifs is 1. The van der Waals surface area contributed by atoms with Crippen molar-refractivity contribution in [1.29, 1.82) is 0 Å². The number of ether oxygens (including phenoxy) is 1. The van der Waals surface area contributed by atoms with E-state index in [9.17, 15) is 8.42 Å². The summed E-state index contributed by atoms with van der Waals surface area (Å²) in [5.41, 5.74) is 2.08. The van der Waals surface area contributed by atoms with Gasteiger partial charge in [0, 0.05) is 19.6 Å². The van der Waals surface area contributed by atoms with Gasteiger partial charge in [0.15, 0.2) is 0 Å². The van der Waals surface area contributed by atoms with E-state index in [0.717, 1.165) is 42.0 Å². The van der Waals surface area contributed by atoms with Crippen molar-refractivity contribution in [2.24, 2.45) is 0 Å². The Hall–Kier alpha value is -1.84. The first-order valence-corrected chi connectivity index (χ1v) is 12.6. The normalized spacial score (nSPS) is 21.4. The lowest BCUT2D eigenvalue weighted by Crippen LogP contribution is -2.40. The summed E-state index contributed by atoms with van der Waals surface area (Å²) in [5.74, 6) is 0. The Morgan fingerprint density at radius 1 is 1.07 bits per heavy atom. The van der Waals surface area contributed by atoms with Crippen molar-refractivity contribution in [2.45, 2.75) is 30.3 Å². The second-order valence-corrected chi connectivity index (χ2v) is 10.8. The molecule has 0 N–H and O–H groups in total. The molecule has 6 nitrogen and oxygen atoms in total. The fourth-order valence-corrected chi connectivity index (χ4v) is 6.92. The summed E-state index contributed by atoms with van der Waals surface area (Å²) in [4.78, 5) is 7.67. The minimum Gasteiger partial charge on any atom is -0.379 e. The van der Waals surface area contributed by atoms with Crippen molar-refractivity contribution in [3.63, 3.8) is 0 Å². The van der Waals surface area contributed by atoms with Gasteiger partial charge in [0.25, 0.3) is 0 Å². The number of rotatable bonds is 5. The van der Waals surface area contributed by atoms with Crippen LogP contribution in [0.25, 0.3) is 10.2 Å². The lowest BCUT2D eigenvalue weighted by atomic mass is 10.2. The Morgan fingerprint density at radius 3 is 2.73 bits per heavy atom. The van der Waals surface area contributed by atoms with Crippen LogP contribution in [0.15, 0.2) is 53.4 Å². The number of hydrogen-bond acceptors (Lipinski definition) is 6. The Bertz CT molecular complexity index is 1110. The summed E-state index contributed by atoms with van der Waals surface area (Å²) < 4.78 is 34.1. The van der Waals surface area contributed by atoms with Crippen molar-refractivity contribution in [2.75, 3.05) is 32.8 Å². The molecule has 1 aromatic heterocycles. The first kappa shape index (κ1) is 20.1. The fraction of sp³-hybridized carbons (Fsp3) is 0.409. The van der Waals surface area contributed by atoms with Gasteiger partial charge in [-0.05, 0) is 49.2 Å². The lowest BCUT2D eigenvalue weighted by molar-refractivity contribution is 0.0730. The zero-order valence-electron chi connectivity index (χ0n) is 16.7. The highest BCUT2D eigenvalue weighted by molar-refractivity contribution is 7.89. The van der Waals surface area contributed by atoms with E-state index >= 15 is 0 Å². The molecule has 158 valence electrons. The molecule has 0 spiro atoms. The maximum atomic E-state index is 13.0. The first-order valence-electron chi connectivity index (χ1n) is 10.4. The van der Waals surface area contributed by atoms with Crippen molar-refractivity contribution in [3.05, 3.63) is 59.1 Å². The fourth-order valence-electron chi connectivity index (χ4n) is 4.30. The molecule has 0 bridgehead atoms. The number of thiazole rings is 1. The first-order chi connectivity index (χ1) is 14.6. The Labute approximate surface area is 181 Å². The molecule has 2 aromatic carbocycles. The molecule has 0 aliphatic carbocycles. The monoisotopic (exact) mass is 443 g/mol. The topological polar surface area (TPSA) is 62.7 Å². The van der Waals surface area contributed by atoms with Gasteiger partial charge in [-0.25, -0.2) is 13.4 Å². The molecule has 30 heavy (non-hydrogen) atoms. The highest BCUT2D eigenvalue weighted by atomic mass is 32.2. The number of nitrogens with zero attached hydrogens (tertiary/aromatic N) is 3. The SMILES string of the molecule is O=S(=O)(c1cccc(CN2CCC[C@H]2c2nc3ccccc3s2)c1)N1CCOCC1. The van der Waals surface area contributed by atoms with E-state index in [2.05, 4.69) is 23.1 Å². The minimum absolute atomic E-state index is 0.293. The van der Waals surface area contributed by atoms with Crippen molar-refractivity contribution < 1.29 is 13.2 Å². The average Bonchev–Trinajstić information content (AvgIpc) is 3.41. The number of sulfonamides is 1. The van der Waals surface area contributed by atoms with E-state index in [0.29, 0.717) is 37.2 Å². The summed E-state index contributed by atoms with van der Waals surface area (Å²) in [6.45, 7) is 3.47. The molecule has 1 atom stereocenters. The van der Waals surface area contributed by atoms with Crippen LogP contribution in [-0.2, 0) is 21.3 Å². The number of likely N-dealkylation sites (tertiary alicyclic amines) is 1. The van der Waals surface area contributed by atoms with Gasteiger partial charge in [-0.15, -0.1) is 11.3 Å². The number of para-hydroxylation sites is 1. The van der Waals surface area contributed by atoms with E-state index in [4.69, 9.17) is 9.72 Å². The van der Waals surface area contributed by atoms with Gasteiger partial charge in [0.05, 0.1) is 34.4 Å². The van der Waals surface area contributed by atoms with E-state index < -0.39 is 10.0 Å². The number of benzene rings is 2. The predicted molar refractivity (Wildman–Crippen MR) is 118 cm³/mol. The zero-order chi connectivity index (χ0) is 20.6. The van der Waals surface area contributed by atoms with Crippen LogP contribution in [0.1, 0.15) is 29.5 Å². The zero-order valence-corrected chi connectivity index (χ0v) is 18.4. The largest absolute Gasteiger partial charge is 0.379 e. The van der Waals surface area contributed by atoms with Gasteiger partial charge in [-0.2, -0.15) is 4.31 Å². The molecule has 5 rings (SSSR count). The molecule has 0 amide bonds. The number of aromatic nitrogens is 1. The molecule has 2 saturated heterocycles. The molecule has 0 saturated carbocycles. The predicted octanol–water partition coefficient (Wildman–Crippen LogP) is 3.65. The quantitative estimate of drug-likeness (QED) is 0.602. The van der Waals surface area contributed by atoms with Crippen LogP contribution < -0.4 is 0 Å². The standard InChI is InChI=1S/C22H25N3O3S2/c26-30(27,25-11-13-28-14-12-25)18-6-3-5-17(15-18)16-24-10-4-8-20(24)22-23-19-7-1-2-9-21(19)29-22/h1-3,5-7,9,15,20H,4,8,10-14,16H2/t20-/m0/s1. The molecular formula is C22H25N3O3S2. The second-order valence-electron chi connectivity index (χ2n) is 7.81. The van der Waals surface area contributed by atoms with Crippen LogP contribution in [-0.4, -0.2) is 55.5 Å². The van der Waals surface area contributed by atoms with Crippen LogP contribution in [0.3, 0.4) is 0 Å². The summed E-state index contributed by atoms with van der Waals surface area (Å²) in [6.07, 6.45) is 2.22. The number of hydrogen-bond donors (Lipinski definition) is 0. The van der Waals surface area contributed by atoms with Gasteiger partial charge in [-0.1, -0.05) is 24.3 Å². The van der Waals surface area contributed by atoms with E-state index in [1.54, 1.807) is 17.4 Å². The van der Waals surface area contributed by atoms with Gasteiger partial charge in [-0.3, -0.25) is 4.90 Å². The third-order valence-corrected chi connectivity index (χ3v) is 8.88. The smallest absolute Gasteiger partial charge is 0.243 e. The Morgan fingerprint density at radius 2 is 1.90 bits per heavy atom. The number of morpholine rings is 1. The van der Waals surface area contributed by atoms with Crippen molar-refractivity contribution in [1.82, 2.24) is 14.2 Å². The van der Waals surface area contributed by atoms with Crippen LogP contribution in [0.4, 0.5) is 0 Å². The molecule has 0 radical (unpaired) electrons. The van der Waals surface area contributed by atoms with Gasteiger partial charge >= 0.3 is 0 Å². The van der Waals surface area contributed by atoms with Crippen molar-refractivity contribution in [3.8, 4) is 0 Å². The van der Waals surface area contributed by atoms with Crippen LogP contribution in [0, 0.1) is 0 Å².